The van der Waals surface area contributed by atoms with E-state index >= 15 is 0 Å². The molecule has 110 valence electrons. The molecule has 1 atom stereocenters. The zero-order chi connectivity index (χ0) is 15.7. The topological polar surface area (TPSA) is 86.5 Å². The monoisotopic (exact) mass is 297 g/mol. The molecule has 0 amide bonds. The van der Waals surface area contributed by atoms with E-state index in [2.05, 4.69) is 0 Å². The molecule has 0 fully saturated rings. The fraction of sp³-hybridized carbons (Fsp3) is 0.125. The van der Waals surface area contributed by atoms with Gasteiger partial charge in [0.1, 0.15) is 6.10 Å². The number of carbonyl (C=O) groups is 2. The van der Waals surface area contributed by atoms with Crippen LogP contribution in [0.15, 0.2) is 48.5 Å². The lowest BCUT2D eigenvalue weighted by Crippen LogP contribution is -2.08. The van der Waals surface area contributed by atoms with Crippen LogP contribution in [0.3, 0.4) is 0 Å². The van der Waals surface area contributed by atoms with E-state index in [-0.39, 0.29) is 23.5 Å². The number of hydrogen-bond acceptors (Lipinski definition) is 5. The standard InChI is InChI=1S/C16H11NO5/c18-14(10-4-3-5-11(8-10)17(20)21)9-15-12-6-1-2-7-13(12)16(19)22-15/h1-8,15H,9H2. The Bertz CT molecular complexity index is 784. The summed E-state index contributed by atoms with van der Waals surface area (Å²) in [6, 6.07) is 12.4. The van der Waals surface area contributed by atoms with Gasteiger partial charge in [-0.25, -0.2) is 4.79 Å². The van der Waals surface area contributed by atoms with Crippen molar-refractivity contribution < 1.29 is 19.2 Å². The Kier molecular flexibility index (Phi) is 3.42. The average Bonchev–Trinajstić information content (AvgIpc) is 2.84. The highest BCUT2D eigenvalue weighted by Gasteiger charge is 2.32. The third-order valence-electron chi connectivity index (χ3n) is 3.53. The van der Waals surface area contributed by atoms with Crippen LogP contribution in [0.25, 0.3) is 0 Å². The highest BCUT2D eigenvalue weighted by atomic mass is 16.6. The lowest BCUT2D eigenvalue weighted by molar-refractivity contribution is -0.384. The fourth-order valence-corrected chi connectivity index (χ4v) is 2.45. The molecule has 0 bridgehead atoms. The zero-order valence-electron chi connectivity index (χ0n) is 11.4. The second kappa shape index (κ2) is 5.40. The van der Waals surface area contributed by atoms with Crippen LogP contribution in [0.5, 0.6) is 0 Å². The van der Waals surface area contributed by atoms with Crippen molar-refractivity contribution in [2.24, 2.45) is 0 Å². The maximum atomic E-state index is 12.3. The Morgan fingerprint density at radius 3 is 2.73 bits per heavy atom. The van der Waals surface area contributed by atoms with E-state index in [1.165, 1.54) is 24.3 Å². The van der Waals surface area contributed by atoms with Crippen molar-refractivity contribution in [1.82, 2.24) is 0 Å². The molecule has 1 aliphatic heterocycles. The van der Waals surface area contributed by atoms with Gasteiger partial charge in [-0.05, 0) is 6.07 Å². The lowest BCUT2D eigenvalue weighted by atomic mass is 9.98. The van der Waals surface area contributed by atoms with E-state index in [9.17, 15) is 19.7 Å². The molecule has 6 heteroatoms. The Balaban J connectivity index is 1.83. The number of benzene rings is 2. The van der Waals surface area contributed by atoms with Crippen LogP contribution in [0.2, 0.25) is 0 Å². The summed E-state index contributed by atoms with van der Waals surface area (Å²) in [5.41, 5.74) is 1.22. The Hall–Kier alpha value is -3.02. The first kappa shape index (κ1) is 13.9. The Morgan fingerprint density at radius 1 is 1.18 bits per heavy atom. The van der Waals surface area contributed by atoms with Gasteiger partial charge < -0.3 is 4.74 Å². The first-order valence-electron chi connectivity index (χ1n) is 6.64. The molecule has 1 heterocycles. The van der Waals surface area contributed by atoms with E-state index in [0.29, 0.717) is 11.1 Å². The van der Waals surface area contributed by atoms with Crippen LogP contribution >= 0.6 is 0 Å². The van der Waals surface area contributed by atoms with Gasteiger partial charge in [-0.2, -0.15) is 0 Å². The van der Waals surface area contributed by atoms with Gasteiger partial charge >= 0.3 is 5.97 Å². The summed E-state index contributed by atoms with van der Waals surface area (Å²) in [5.74, 6) is -0.759. The van der Waals surface area contributed by atoms with Gasteiger partial charge in [-0.15, -0.1) is 0 Å². The zero-order valence-corrected chi connectivity index (χ0v) is 11.4. The molecule has 0 spiro atoms. The molecule has 6 nitrogen and oxygen atoms in total. The van der Waals surface area contributed by atoms with Crippen LogP contribution in [0, 0.1) is 10.1 Å². The van der Waals surface area contributed by atoms with Crippen molar-refractivity contribution in [1.29, 1.82) is 0 Å². The van der Waals surface area contributed by atoms with E-state index in [1.807, 2.05) is 0 Å². The normalized spacial score (nSPS) is 16.0. The van der Waals surface area contributed by atoms with Gasteiger partial charge in [0.25, 0.3) is 5.69 Å². The van der Waals surface area contributed by atoms with Crippen LogP contribution in [-0.4, -0.2) is 16.7 Å². The number of rotatable bonds is 4. The number of ketones is 1. The number of fused-ring (bicyclic) bond motifs is 1. The van der Waals surface area contributed by atoms with Gasteiger partial charge in [0, 0.05) is 23.3 Å². The predicted molar refractivity (Wildman–Crippen MR) is 76.6 cm³/mol. The summed E-state index contributed by atoms with van der Waals surface area (Å²) in [7, 11) is 0. The van der Waals surface area contributed by atoms with Gasteiger partial charge in [0.15, 0.2) is 5.78 Å². The molecule has 0 aliphatic carbocycles. The first-order valence-corrected chi connectivity index (χ1v) is 6.64. The number of esters is 1. The van der Waals surface area contributed by atoms with Crippen LogP contribution < -0.4 is 0 Å². The number of non-ortho nitro benzene ring substituents is 1. The molecule has 2 aromatic carbocycles. The summed E-state index contributed by atoms with van der Waals surface area (Å²) in [4.78, 5) is 34.2. The largest absolute Gasteiger partial charge is 0.453 e. The Morgan fingerprint density at radius 2 is 1.95 bits per heavy atom. The number of nitro groups is 1. The molecule has 0 aromatic heterocycles. The summed E-state index contributed by atoms with van der Waals surface area (Å²) >= 11 is 0. The smallest absolute Gasteiger partial charge is 0.339 e. The number of hydrogen-bond donors (Lipinski definition) is 0. The minimum absolute atomic E-state index is 0.0378. The molecule has 0 N–H and O–H groups in total. The summed E-state index contributed by atoms with van der Waals surface area (Å²) < 4.78 is 5.21. The van der Waals surface area contributed by atoms with Crippen molar-refractivity contribution in [3.63, 3.8) is 0 Å². The molecule has 2 aromatic rings. The van der Waals surface area contributed by atoms with Crippen molar-refractivity contribution in [2.75, 3.05) is 0 Å². The third-order valence-corrected chi connectivity index (χ3v) is 3.53. The molecule has 1 aliphatic rings. The maximum absolute atomic E-state index is 12.3. The van der Waals surface area contributed by atoms with Gasteiger partial charge in [-0.1, -0.05) is 30.3 Å². The molecule has 0 radical (unpaired) electrons. The summed E-state index contributed by atoms with van der Waals surface area (Å²) in [6.07, 6.45) is -0.681. The molecule has 0 saturated carbocycles. The van der Waals surface area contributed by atoms with Gasteiger partial charge in [0.2, 0.25) is 0 Å². The molecular formula is C16H11NO5. The van der Waals surface area contributed by atoms with Gasteiger partial charge in [0.05, 0.1) is 16.9 Å². The van der Waals surface area contributed by atoms with E-state index < -0.39 is 17.0 Å². The minimum Gasteiger partial charge on any atom is -0.453 e. The summed E-state index contributed by atoms with van der Waals surface area (Å²) in [5, 5.41) is 10.8. The summed E-state index contributed by atoms with van der Waals surface area (Å²) in [6.45, 7) is 0. The van der Waals surface area contributed by atoms with Crippen molar-refractivity contribution in [3.8, 4) is 0 Å². The highest BCUT2D eigenvalue weighted by molar-refractivity contribution is 5.99. The van der Waals surface area contributed by atoms with Crippen LogP contribution in [0.4, 0.5) is 5.69 Å². The minimum atomic E-state index is -0.643. The molecule has 22 heavy (non-hydrogen) atoms. The van der Waals surface area contributed by atoms with Crippen LogP contribution in [0.1, 0.15) is 38.8 Å². The average molecular weight is 297 g/mol. The fourth-order valence-electron chi connectivity index (χ4n) is 2.45. The van der Waals surface area contributed by atoms with E-state index in [0.717, 1.165) is 0 Å². The maximum Gasteiger partial charge on any atom is 0.339 e. The molecule has 3 rings (SSSR count). The third kappa shape index (κ3) is 2.46. The van der Waals surface area contributed by atoms with Crippen molar-refractivity contribution in [2.45, 2.75) is 12.5 Å². The number of nitrogens with zero attached hydrogens (tertiary/aromatic N) is 1. The molecule has 0 saturated heterocycles. The second-order valence-electron chi connectivity index (χ2n) is 4.92. The predicted octanol–water partition coefficient (Wildman–Crippen LogP) is 3.08. The van der Waals surface area contributed by atoms with Gasteiger partial charge in [-0.3, -0.25) is 14.9 Å². The quantitative estimate of drug-likeness (QED) is 0.374. The molecular weight excluding hydrogens is 286 g/mol. The SMILES string of the molecule is O=C(CC1OC(=O)c2ccccc21)c1cccc([N+](=O)[O-])c1. The van der Waals surface area contributed by atoms with Crippen LogP contribution in [-0.2, 0) is 4.74 Å². The second-order valence-corrected chi connectivity index (χ2v) is 4.92. The highest BCUT2D eigenvalue weighted by Crippen LogP contribution is 2.33. The van der Waals surface area contributed by atoms with Crippen molar-refractivity contribution in [3.05, 3.63) is 75.3 Å². The van der Waals surface area contributed by atoms with E-state index in [4.69, 9.17) is 4.74 Å². The number of ether oxygens (including phenoxy) is 1. The first-order chi connectivity index (χ1) is 10.6. The Labute approximate surface area is 125 Å². The van der Waals surface area contributed by atoms with Crippen molar-refractivity contribution >= 4 is 17.4 Å². The number of nitro benzene ring substituents is 1. The molecule has 1 unspecified atom stereocenters. The lowest BCUT2D eigenvalue weighted by Gasteiger charge is -2.09. The number of Topliss-reactive ketones (excluding diaryl/α,β-unsaturated/α-hetero) is 1. The number of carbonyl (C=O) groups excluding carboxylic acids is 2. The number of cyclic esters (lactones) is 1. The van der Waals surface area contributed by atoms with E-state index in [1.54, 1.807) is 24.3 Å².